The molecule has 1 N–H and O–H groups in total. The summed E-state index contributed by atoms with van der Waals surface area (Å²) < 4.78 is 46.7. The lowest BCUT2D eigenvalue weighted by Crippen LogP contribution is -2.12. The Balaban J connectivity index is 1.39. The van der Waals surface area contributed by atoms with Crippen molar-refractivity contribution in [3.63, 3.8) is 0 Å². The van der Waals surface area contributed by atoms with E-state index in [9.17, 15) is 18.0 Å². The van der Waals surface area contributed by atoms with E-state index in [1.165, 1.54) is 29.1 Å². The van der Waals surface area contributed by atoms with Crippen LogP contribution in [0.3, 0.4) is 0 Å². The number of halogens is 5. The summed E-state index contributed by atoms with van der Waals surface area (Å²) in [6.45, 7) is 0.231. The molecule has 0 unspecified atom stereocenters. The van der Waals surface area contributed by atoms with E-state index in [0.717, 1.165) is 23.5 Å². The van der Waals surface area contributed by atoms with E-state index >= 15 is 0 Å². The Morgan fingerprint density at radius 3 is 2.58 bits per heavy atom. The van der Waals surface area contributed by atoms with Gasteiger partial charge in [-0.15, -0.1) is 11.3 Å². The molecule has 33 heavy (non-hydrogen) atoms. The fourth-order valence-corrected chi connectivity index (χ4v) is 4.10. The van der Waals surface area contributed by atoms with Gasteiger partial charge in [-0.2, -0.15) is 5.10 Å². The molecule has 0 aliphatic carbocycles. The number of rotatable bonds is 7. The van der Waals surface area contributed by atoms with Gasteiger partial charge in [-0.25, -0.2) is 13.2 Å². The van der Waals surface area contributed by atoms with Gasteiger partial charge in [-0.1, -0.05) is 29.3 Å². The number of amides is 1. The highest BCUT2D eigenvalue weighted by atomic mass is 35.5. The van der Waals surface area contributed by atoms with Crippen LogP contribution in [-0.4, -0.2) is 15.7 Å². The number of ether oxygens (including phenoxy) is 1. The lowest BCUT2D eigenvalue weighted by Gasteiger charge is -2.05. The fourth-order valence-electron chi connectivity index (χ4n) is 2.88. The minimum absolute atomic E-state index is 0.000144. The summed E-state index contributed by atoms with van der Waals surface area (Å²) in [7, 11) is 0. The van der Waals surface area contributed by atoms with E-state index in [2.05, 4.69) is 10.4 Å². The number of hydrogen-bond acceptors (Lipinski definition) is 4. The van der Waals surface area contributed by atoms with Gasteiger partial charge >= 0.3 is 0 Å². The summed E-state index contributed by atoms with van der Waals surface area (Å²) in [5.74, 6) is -2.33. The molecule has 11 heteroatoms. The predicted octanol–water partition coefficient (Wildman–Crippen LogP) is 6.55. The molecule has 2 heterocycles. The predicted molar refractivity (Wildman–Crippen MR) is 121 cm³/mol. The van der Waals surface area contributed by atoms with E-state index in [1.54, 1.807) is 17.5 Å². The highest BCUT2D eigenvalue weighted by Gasteiger charge is 2.16. The van der Waals surface area contributed by atoms with Crippen molar-refractivity contribution in [3.05, 3.63) is 97.5 Å². The van der Waals surface area contributed by atoms with Crippen LogP contribution in [0.25, 0.3) is 0 Å². The number of aromatic nitrogens is 2. The van der Waals surface area contributed by atoms with Gasteiger partial charge in [0.25, 0.3) is 5.91 Å². The van der Waals surface area contributed by atoms with Gasteiger partial charge < -0.3 is 10.1 Å². The largest absolute Gasteiger partial charge is 0.486 e. The summed E-state index contributed by atoms with van der Waals surface area (Å²) in [5.41, 5.74) is 1.27. The van der Waals surface area contributed by atoms with Crippen molar-refractivity contribution in [3.8, 4) is 5.75 Å². The molecule has 4 aromatic rings. The number of carbonyl (C=O) groups is 1. The van der Waals surface area contributed by atoms with Crippen LogP contribution < -0.4 is 10.1 Å². The molecule has 0 aliphatic heterocycles. The molecule has 2 aromatic heterocycles. The highest BCUT2D eigenvalue weighted by molar-refractivity contribution is 7.12. The van der Waals surface area contributed by atoms with Crippen LogP contribution >= 0.6 is 34.5 Å². The van der Waals surface area contributed by atoms with E-state index in [1.807, 2.05) is 0 Å². The molecule has 0 spiro atoms. The Labute approximate surface area is 200 Å². The third-order valence-electron chi connectivity index (χ3n) is 4.46. The Morgan fingerprint density at radius 2 is 1.82 bits per heavy atom. The summed E-state index contributed by atoms with van der Waals surface area (Å²) in [6.07, 6.45) is 1.52. The van der Waals surface area contributed by atoms with Crippen molar-refractivity contribution in [2.45, 2.75) is 13.2 Å². The van der Waals surface area contributed by atoms with Crippen molar-refractivity contribution in [2.24, 2.45) is 0 Å². The topological polar surface area (TPSA) is 56.2 Å². The first-order chi connectivity index (χ1) is 15.8. The normalized spacial score (nSPS) is 10.9. The highest BCUT2D eigenvalue weighted by Crippen LogP contribution is 2.25. The smallest absolute Gasteiger partial charge is 0.266 e. The molecule has 0 radical (unpaired) electrons. The summed E-state index contributed by atoms with van der Waals surface area (Å²) in [5, 5.41) is 9.03. The van der Waals surface area contributed by atoms with Crippen molar-refractivity contribution >= 4 is 46.3 Å². The average molecular weight is 512 g/mol. The molecule has 170 valence electrons. The molecular formula is C22H14Cl2F3N3O2S. The van der Waals surface area contributed by atoms with Crippen molar-refractivity contribution < 1.29 is 22.7 Å². The fraction of sp³-hybridized carbons (Fsp3) is 0.0909. The van der Waals surface area contributed by atoms with Gasteiger partial charge in [0, 0.05) is 22.8 Å². The first-order valence-corrected chi connectivity index (χ1v) is 11.1. The van der Waals surface area contributed by atoms with Crippen LogP contribution in [0.15, 0.2) is 54.0 Å². The van der Waals surface area contributed by atoms with E-state index in [-0.39, 0.29) is 34.8 Å². The zero-order chi connectivity index (χ0) is 23.5. The van der Waals surface area contributed by atoms with Crippen molar-refractivity contribution in [2.75, 3.05) is 5.32 Å². The van der Waals surface area contributed by atoms with Gasteiger partial charge in [0.05, 0.1) is 11.4 Å². The van der Waals surface area contributed by atoms with Crippen LogP contribution in [0.1, 0.15) is 20.8 Å². The SMILES string of the molecule is O=C(Nc1nn(Cc2ccc(F)cc2Cl)cc1Cl)c1cc(COc2ccc(F)cc2F)cs1. The lowest BCUT2D eigenvalue weighted by molar-refractivity contribution is 0.103. The maximum absolute atomic E-state index is 13.7. The van der Waals surface area contributed by atoms with Crippen molar-refractivity contribution in [1.82, 2.24) is 9.78 Å². The van der Waals surface area contributed by atoms with Crippen LogP contribution in [-0.2, 0) is 13.2 Å². The third kappa shape index (κ3) is 5.68. The zero-order valence-corrected chi connectivity index (χ0v) is 18.9. The van der Waals surface area contributed by atoms with E-state index < -0.39 is 23.4 Å². The molecular weight excluding hydrogens is 498 g/mol. The number of anilines is 1. The van der Waals surface area contributed by atoms with Crippen LogP contribution in [0.2, 0.25) is 10.0 Å². The lowest BCUT2D eigenvalue weighted by atomic mass is 10.2. The standard InChI is InChI=1S/C22H14Cl2F3N3O2S/c23-16-6-14(25)2-1-13(16)8-30-9-17(24)21(29-30)28-22(31)20-5-12(11-33-20)10-32-19-4-3-15(26)7-18(19)27/h1-7,9,11H,8,10H2,(H,28,29,31). The number of hydrogen-bond donors (Lipinski definition) is 1. The first-order valence-electron chi connectivity index (χ1n) is 9.42. The Hall–Kier alpha value is -3.01. The molecule has 0 bridgehead atoms. The van der Waals surface area contributed by atoms with Gasteiger partial charge in [0.1, 0.15) is 23.3 Å². The second-order valence-electron chi connectivity index (χ2n) is 6.90. The second-order valence-corrected chi connectivity index (χ2v) is 8.62. The molecule has 0 atom stereocenters. The number of nitrogens with zero attached hydrogens (tertiary/aromatic N) is 2. The Bertz CT molecular complexity index is 1330. The quantitative estimate of drug-likeness (QED) is 0.306. The van der Waals surface area contributed by atoms with E-state index in [0.29, 0.717) is 16.0 Å². The second kappa shape index (κ2) is 9.86. The minimum Gasteiger partial charge on any atom is -0.486 e. The summed E-state index contributed by atoms with van der Waals surface area (Å²) in [6, 6.07) is 8.64. The summed E-state index contributed by atoms with van der Waals surface area (Å²) in [4.78, 5) is 13.0. The molecule has 0 fully saturated rings. The van der Waals surface area contributed by atoms with Gasteiger partial charge in [-0.05, 0) is 41.3 Å². The molecule has 5 nitrogen and oxygen atoms in total. The van der Waals surface area contributed by atoms with Gasteiger partial charge in [0.2, 0.25) is 0 Å². The van der Waals surface area contributed by atoms with Crippen LogP contribution in [0, 0.1) is 17.5 Å². The molecule has 2 aromatic carbocycles. The monoisotopic (exact) mass is 511 g/mol. The van der Waals surface area contributed by atoms with Crippen LogP contribution in [0.4, 0.5) is 19.0 Å². The molecule has 4 rings (SSSR count). The summed E-state index contributed by atoms with van der Waals surface area (Å²) >= 11 is 13.4. The third-order valence-corrected chi connectivity index (χ3v) is 6.07. The molecule has 0 saturated carbocycles. The zero-order valence-electron chi connectivity index (χ0n) is 16.6. The number of thiophene rings is 1. The number of carbonyl (C=O) groups excluding carboxylic acids is 1. The van der Waals surface area contributed by atoms with Crippen molar-refractivity contribution in [1.29, 1.82) is 0 Å². The van der Waals surface area contributed by atoms with Crippen LogP contribution in [0.5, 0.6) is 5.75 Å². The Morgan fingerprint density at radius 1 is 1.06 bits per heavy atom. The maximum Gasteiger partial charge on any atom is 0.266 e. The van der Waals surface area contributed by atoms with E-state index in [4.69, 9.17) is 27.9 Å². The number of nitrogens with one attached hydrogen (secondary N) is 1. The average Bonchev–Trinajstić information content (AvgIpc) is 3.36. The molecule has 1 amide bonds. The number of benzene rings is 2. The first kappa shape index (κ1) is 23.2. The van der Waals surface area contributed by atoms with Gasteiger partial charge in [-0.3, -0.25) is 9.48 Å². The Kier molecular flexibility index (Phi) is 6.92. The maximum atomic E-state index is 13.7. The molecule has 0 aliphatic rings. The molecule has 0 saturated heterocycles. The minimum atomic E-state index is -0.810. The van der Waals surface area contributed by atoms with Gasteiger partial charge in [0.15, 0.2) is 17.4 Å².